The number of anilines is 1. The van der Waals surface area contributed by atoms with Gasteiger partial charge in [0.1, 0.15) is 11.7 Å². The monoisotopic (exact) mass is 291 g/mol. The first kappa shape index (κ1) is 13.8. The summed E-state index contributed by atoms with van der Waals surface area (Å²) in [5, 5.41) is 12.2. The average Bonchev–Trinajstić information content (AvgIpc) is 3.05. The quantitative estimate of drug-likeness (QED) is 0.729. The SMILES string of the molecule is NC(=O)c1cc2c(nc1NC1COCC1C(=O)O)CCC2. The number of nitrogens with one attached hydrogen (secondary N) is 1. The second-order valence-electron chi connectivity index (χ2n) is 5.44. The Morgan fingerprint density at radius 2 is 2.19 bits per heavy atom. The van der Waals surface area contributed by atoms with E-state index >= 15 is 0 Å². The number of ether oxygens (including phenoxy) is 1. The summed E-state index contributed by atoms with van der Waals surface area (Å²) in [6.45, 7) is 0.428. The number of hydrogen-bond acceptors (Lipinski definition) is 5. The van der Waals surface area contributed by atoms with E-state index in [1.807, 2.05) is 0 Å². The van der Waals surface area contributed by atoms with E-state index in [9.17, 15) is 9.59 Å². The fourth-order valence-corrected chi connectivity index (χ4v) is 2.89. The lowest BCUT2D eigenvalue weighted by atomic mass is 10.0. The maximum absolute atomic E-state index is 11.6. The molecule has 2 heterocycles. The number of rotatable bonds is 4. The first-order chi connectivity index (χ1) is 10.1. The van der Waals surface area contributed by atoms with Crippen molar-refractivity contribution in [2.75, 3.05) is 18.5 Å². The van der Waals surface area contributed by atoms with E-state index < -0.39 is 23.8 Å². The topological polar surface area (TPSA) is 115 Å². The van der Waals surface area contributed by atoms with Crippen LogP contribution in [0.25, 0.3) is 0 Å². The molecule has 7 heteroatoms. The Morgan fingerprint density at radius 3 is 2.90 bits per heavy atom. The molecular formula is C14H17N3O4. The highest BCUT2D eigenvalue weighted by molar-refractivity contribution is 5.98. The highest BCUT2D eigenvalue weighted by atomic mass is 16.5. The van der Waals surface area contributed by atoms with Gasteiger partial charge in [-0.3, -0.25) is 9.59 Å². The number of carbonyl (C=O) groups is 2. The molecule has 2 unspecified atom stereocenters. The lowest BCUT2D eigenvalue weighted by molar-refractivity contribution is -0.141. The number of hydrogen-bond donors (Lipinski definition) is 3. The number of aryl methyl sites for hydroxylation is 2. The molecule has 0 saturated carbocycles. The van der Waals surface area contributed by atoms with Crippen molar-refractivity contribution in [3.05, 3.63) is 22.9 Å². The number of aliphatic carboxylic acids is 1. The maximum Gasteiger partial charge on any atom is 0.311 e. The minimum absolute atomic E-state index is 0.157. The van der Waals surface area contributed by atoms with Crippen molar-refractivity contribution < 1.29 is 19.4 Å². The van der Waals surface area contributed by atoms with Gasteiger partial charge in [0.25, 0.3) is 5.91 Å². The van der Waals surface area contributed by atoms with Crippen LogP contribution >= 0.6 is 0 Å². The van der Waals surface area contributed by atoms with E-state index in [1.54, 1.807) is 6.07 Å². The molecule has 1 fully saturated rings. The number of nitrogens with zero attached hydrogens (tertiary/aromatic N) is 1. The van der Waals surface area contributed by atoms with Crippen molar-refractivity contribution >= 4 is 17.7 Å². The fraction of sp³-hybridized carbons (Fsp3) is 0.500. The fourth-order valence-electron chi connectivity index (χ4n) is 2.89. The first-order valence-corrected chi connectivity index (χ1v) is 6.96. The molecule has 1 saturated heterocycles. The van der Waals surface area contributed by atoms with Gasteiger partial charge in [0.05, 0.1) is 24.8 Å². The second-order valence-corrected chi connectivity index (χ2v) is 5.44. The Balaban J connectivity index is 1.91. The Morgan fingerprint density at radius 1 is 1.38 bits per heavy atom. The number of primary amides is 1. The van der Waals surface area contributed by atoms with E-state index in [1.165, 1.54) is 0 Å². The molecule has 0 spiro atoms. The van der Waals surface area contributed by atoms with Crippen molar-refractivity contribution in [1.82, 2.24) is 4.98 Å². The van der Waals surface area contributed by atoms with Crippen LogP contribution in [0, 0.1) is 5.92 Å². The number of pyridine rings is 1. The molecule has 0 aromatic carbocycles. The number of nitrogens with two attached hydrogens (primary N) is 1. The average molecular weight is 291 g/mol. The molecular weight excluding hydrogens is 274 g/mol. The van der Waals surface area contributed by atoms with Gasteiger partial charge in [0.2, 0.25) is 0 Å². The smallest absolute Gasteiger partial charge is 0.311 e. The van der Waals surface area contributed by atoms with Crippen LogP contribution in [0.2, 0.25) is 0 Å². The van der Waals surface area contributed by atoms with Crippen molar-refractivity contribution in [2.24, 2.45) is 11.7 Å². The molecule has 1 amide bonds. The molecule has 4 N–H and O–H groups in total. The largest absolute Gasteiger partial charge is 0.481 e. The normalized spacial score (nSPS) is 23.8. The molecule has 1 aromatic rings. The zero-order valence-corrected chi connectivity index (χ0v) is 11.5. The predicted octanol–water partition coefficient (Wildman–Crippen LogP) is 0.181. The number of carbonyl (C=O) groups excluding carboxylic acids is 1. The Hall–Kier alpha value is -2.15. The minimum atomic E-state index is -0.924. The molecule has 2 atom stereocenters. The molecule has 2 aliphatic rings. The number of aromatic nitrogens is 1. The molecule has 0 bridgehead atoms. The second kappa shape index (κ2) is 5.33. The summed E-state index contributed by atoms with van der Waals surface area (Å²) in [4.78, 5) is 27.3. The zero-order valence-electron chi connectivity index (χ0n) is 11.5. The highest BCUT2D eigenvalue weighted by Gasteiger charge is 2.35. The molecule has 7 nitrogen and oxygen atoms in total. The minimum Gasteiger partial charge on any atom is -0.481 e. The Labute approximate surface area is 121 Å². The van der Waals surface area contributed by atoms with Crippen molar-refractivity contribution in [1.29, 1.82) is 0 Å². The van der Waals surface area contributed by atoms with Crippen LogP contribution in [0.5, 0.6) is 0 Å². The lowest BCUT2D eigenvalue weighted by Crippen LogP contribution is -2.34. The number of carboxylic acid groups (broad SMARTS) is 1. The van der Waals surface area contributed by atoms with Crippen molar-refractivity contribution in [3.8, 4) is 0 Å². The van der Waals surface area contributed by atoms with Gasteiger partial charge in [-0.2, -0.15) is 0 Å². The molecule has 1 aliphatic heterocycles. The summed E-state index contributed by atoms with van der Waals surface area (Å²) in [5.41, 5.74) is 7.72. The predicted molar refractivity (Wildman–Crippen MR) is 74.1 cm³/mol. The lowest BCUT2D eigenvalue weighted by Gasteiger charge is -2.18. The molecule has 1 aliphatic carbocycles. The maximum atomic E-state index is 11.6. The Kier molecular flexibility index (Phi) is 3.50. The third-order valence-corrected chi connectivity index (χ3v) is 4.04. The molecule has 1 aromatic heterocycles. The third-order valence-electron chi connectivity index (χ3n) is 4.04. The van der Waals surface area contributed by atoms with Crippen LogP contribution in [0.1, 0.15) is 28.0 Å². The third kappa shape index (κ3) is 2.56. The van der Waals surface area contributed by atoms with E-state index in [0.717, 1.165) is 30.5 Å². The number of amides is 1. The van der Waals surface area contributed by atoms with Gasteiger partial charge in [-0.1, -0.05) is 0 Å². The summed E-state index contributed by atoms with van der Waals surface area (Å²) in [7, 11) is 0. The van der Waals surface area contributed by atoms with Crippen LogP contribution < -0.4 is 11.1 Å². The van der Waals surface area contributed by atoms with E-state index in [4.69, 9.17) is 15.6 Å². The van der Waals surface area contributed by atoms with E-state index in [-0.39, 0.29) is 13.2 Å². The van der Waals surface area contributed by atoms with Crippen molar-refractivity contribution in [3.63, 3.8) is 0 Å². The van der Waals surface area contributed by atoms with Gasteiger partial charge in [-0.15, -0.1) is 0 Å². The van der Waals surface area contributed by atoms with Crippen LogP contribution in [0.4, 0.5) is 5.82 Å². The summed E-state index contributed by atoms with van der Waals surface area (Å²) >= 11 is 0. The van der Waals surface area contributed by atoms with Crippen LogP contribution in [0.15, 0.2) is 6.07 Å². The van der Waals surface area contributed by atoms with Gasteiger partial charge in [-0.05, 0) is 30.9 Å². The Bertz CT molecular complexity index is 602. The van der Waals surface area contributed by atoms with Crippen LogP contribution in [-0.4, -0.2) is 41.2 Å². The number of fused-ring (bicyclic) bond motifs is 1. The molecule has 21 heavy (non-hydrogen) atoms. The summed E-state index contributed by atoms with van der Waals surface area (Å²) in [6, 6.07) is 1.36. The number of carboxylic acids is 1. The van der Waals surface area contributed by atoms with Crippen LogP contribution in [-0.2, 0) is 22.4 Å². The standard InChI is InChI=1S/C14H17N3O4/c15-12(18)8-4-7-2-1-3-10(7)16-13(8)17-11-6-21-5-9(11)14(19)20/h4,9,11H,1-3,5-6H2,(H2,15,18)(H,16,17)(H,19,20). The van der Waals surface area contributed by atoms with Gasteiger partial charge < -0.3 is 20.9 Å². The van der Waals surface area contributed by atoms with Crippen LogP contribution in [0.3, 0.4) is 0 Å². The van der Waals surface area contributed by atoms with Gasteiger partial charge >= 0.3 is 5.97 Å². The summed E-state index contributed by atoms with van der Waals surface area (Å²) in [5.74, 6) is -1.78. The molecule has 112 valence electrons. The van der Waals surface area contributed by atoms with Gasteiger partial charge in [-0.25, -0.2) is 4.98 Å². The zero-order chi connectivity index (χ0) is 15.0. The molecule has 3 rings (SSSR count). The van der Waals surface area contributed by atoms with E-state index in [0.29, 0.717) is 11.4 Å². The summed E-state index contributed by atoms with van der Waals surface area (Å²) in [6.07, 6.45) is 2.77. The summed E-state index contributed by atoms with van der Waals surface area (Å²) < 4.78 is 5.21. The first-order valence-electron chi connectivity index (χ1n) is 6.96. The van der Waals surface area contributed by atoms with Crippen molar-refractivity contribution in [2.45, 2.75) is 25.3 Å². The van der Waals surface area contributed by atoms with Gasteiger partial charge in [0, 0.05) is 5.69 Å². The highest BCUT2D eigenvalue weighted by Crippen LogP contribution is 2.27. The molecule has 0 radical (unpaired) electrons. The van der Waals surface area contributed by atoms with E-state index in [2.05, 4.69) is 10.3 Å². The van der Waals surface area contributed by atoms with Gasteiger partial charge in [0.15, 0.2) is 0 Å².